The van der Waals surface area contributed by atoms with Crippen molar-refractivity contribution in [2.45, 2.75) is 4.90 Å². The zero-order valence-electron chi connectivity index (χ0n) is 7.70. The van der Waals surface area contributed by atoms with E-state index < -0.39 is 11.8 Å². The van der Waals surface area contributed by atoms with Crippen LogP contribution in [-0.4, -0.2) is 24.4 Å². The van der Waals surface area contributed by atoms with Gasteiger partial charge in [0.25, 0.3) is 0 Å². The first-order valence-electron chi connectivity index (χ1n) is 3.75. The number of hydrogen-bond donors (Lipinski definition) is 1. The van der Waals surface area contributed by atoms with Crippen molar-refractivity contribution in [3.63, 3.8) is 0 Å². The highest BCUT2D eigenvalue weighted by atomic mass is 32.2. The molecule has 1 aromatic rings. The van der Waals surface area contributed by atoms with Crippen LogP contribution in [-0.2, 0) is 0 Å². The summed E-state index contributed by atoms with van der Waals surface area (Å²) in [6.45, 7) is 0. The number of hydrogen-bond acceptors (Lipinski definition) is 3. The number of halogens is 1. The van der Waals surface area contributed by atoms with Gasteiger partial charge in [-0.25, -0.2) is 9.18 Å². The lowest BCUT2D eigenvalue weighted by molar-refractivity contribution is 0.0696. The predicted molar refractivity (Wildman–Crippen MR) is 51.7 cm³/mol. The van der Waals surface area contributed by atoms with Crippen LogP contribution in [0, 0.1) is 5.82 Å². The molecule has 0 aliphatic carbocycles. The molecule has 0 saturated heterocycles. The van der Waals surface area contributed by atoms with Crippen molar-refractivity contribution in [2.75, 3.05) is 13.4 Å². The molecule has 0 saturated carbocycles. The van der Waals surface area contributed by atoms with E-state index >= 15 is 0 Å². The molecule has 1 rings (SSSR count). The number of carboxylic acid groups (broad SMARTS) is 1. The second-order valence-corrected chi connectivity index (χ2v) is 3.35. The van der Waals surface area contributed by atoms with E-state index in [4.69, 9.17) is 9.84 Å². The third-order valence-corrected chi connectivity index (χ3v) is 2.43. The second kappa shape index (κ2) is 4.32. The average Bonchev–Trinajstić information content (AvgIpc) is 2.17. The minimum absolute atomic E-state index is 0.0209. The molecule has 1 aromatic carbocycles. The van der Waals surface area contributed by atoms with Crippen LogP contribution in [0.15, 0.2) is 17.0 Å². The molecule has 3 nitrogen and oxygen atoms in total. The summed E-state index contributed by atoms with van der Waals surface area (Å²) >= 11 is 1.14. The fourth-order valence-electron chi connectivity index (χ4n) is 0.993. The molecule has 5 heteroatoms. The largest absolute Gasteiger partial charge is 0.494 e. The first-order chi connectivity index (χ1) is 6.60. The Hall–Kier alpha value is -1.23. The summed E-state index contributed by atoms with van der Waals surface area (Å²) in [5, 5.41) is 8.73. The summed E-state index contributed by atoms with van der Waals surface area (Å²) < 4.78 is 18.1. The quantitative estimate of drug-likeness (QED) is 0.787. The van der Waals surface area contributed by atoms with Gasteiger partial charge in [0, 0.05) is 4.90 Å². The number of thioether (sulfide) groups is 1. The van der Waals surface area contributed by atoms with E-state index in [9.17, 15) is 9.18 Å². The lowest BCUT2D eigenvalue weighted by atomic mass is 10.2. The minimum atomic E-state index is -1.10. The summed E-state index contributed by atoms with van der Waals surface area (Å²) in [6, 6.07) is 2.45. The number of methoxy groups -OCH3 is 1. The molecule has 0 spiro atoms. The van der Waals surface area contributed by atoms with Gasteiger partial charge in [0.2, 0.25) is 0 Å². The summed E-state index contributed by atoms with van der Waals surface area (Å²) in [5.74, 6) is -1.67. The Morgan fingerprint density at radius 2 is 2.21 bits per heavy atom. The highest BCUT2D eigenvalue weighted by Crippen LogP contribution is 2.28. The summed E-state index contributed by atoms with van der Waals surface area (Å²) in [6.07, 6.45) is 1.67. The number of rotatable bonds is 3. The summed E-state index contributed by atoms with van der Waals surface area (Å²) in [4.78, 5) is 10.9. The predicted octanol–water partition coefficient (Wildman–Crippen LogP) is 2.25. The Morgan fingerprint density at radius 1 is 1.57 bits per heavy atom. The third-order valence-electron chi connectivity index (χ3n) is 1.69. The van der Waals surface area contributed by atoms with Crippen molar-refractivity contribution in [1.29, 1.82) is 0 Å². The molecule has 1 N–H and O–H groups in total. The smallest absolute Gasteiger partial charge is 0.335 e. The third kappa shape index (κ3) is 1.98. The van der Waals surface area contributed by atoms with E-state index in [2.05, 4.69) is 0 Å². The number of benzene rings is 1. The average molecular weight is 216 g/mol. The molecule has 0 amide bonds. The van der Waals surface area contributed by atoms with Crippen LogP contribution in [0.3, 0.4) is 0 Å². The van der Waals surface area contributed by atoms with Gasteiger partial charge in [-0.05, 0) is 18.4 Å². The SMILES string of the molecule is COc1cc(C(=O)O)cc(SC)c1F. The lowest BCUT2D eigenvalue weighted by Gasteiger charge is -2.06. The molecular weight excluding hydrogens is 207 g/mol. The van der Waals surface area contributed by atoms with E-state index in [1.807, 2.05) is 0 Å². The lowest BCUT2D eigenvalue weighted by Crippen LogP contribution is -2.00. The molecular formula is C9H9FO3S. The van der Waals surface area contributed by atoms with Gasteiger partial charge < -0.3 is 9.84 Å². The van der Waals surface area contributed by atoms with E-state index in [1.54, 1.807) is 6.26 Å². The van der Waals surface area contributed by atoms with Crippen LogP contribution in [0.1, 0.15) is 10.4 Å². The Balaban J connectivity index is 3.32. The van der Waals surface area contributed by atoms with Crippen molar-refractivity contribution in [3.8, 4) is 5.75 Å². The molecule has 0 heterocycles. The summed E-state index contributed by atoms with van der Waals surface area (Å²) in [7, 11) is 1.30. The van der Waals surface area contributed by atoms with Gasteiger partial charge in [-0.15, -0.1) is 11.8 Å². The first kappa shape index (κ1) is 10.8. The van der Waals surface area contributed by atoms with Gasteiger partial charge >= 0.3 is 5.97 Å². The molecule has 0 bridgehead atoms. The van der Waals surface area contributed by atoms with Crippen LogP contribution < -0.4 is 4.74 Å². The zero-order chi connectivity index (χ0) is 10.7. The molecule has 0 aliphatic rings. The highest BCUT2D eigenvalue weighted by Gasteiger charge is 2.13. The van der Waals surface area contributed by atoms with E-state index in [0.717, 1.165) is 17.8 Å². The maximum absolute atomic E-state index is 13.4. The van der Waals surface area contributed by atoms with Crippen LogP contribution >= 0.6 is 11.8 Å². The monoisotopic (exact) mass is 216 g/mol. The second-order valence-electron chi connectivity index (χ2n) is 2.50. The Bertz CT molecular complexity index is 340. The molecule has 0 unspecified atom stereocenters. The van der Waals surface area contributed by atoms with Crippen molar-refractivity contribution in [1.82, 2.24) is 0 Å². The fourth-order valence-corrected chi connectivity index (χ4v) is 1.52. The minimum Gasteiger partial charge on any atom is -0.494 e. The van der Waals surface area contributed by atoms with E-state index in [1.165, 1.54) is 13.2 Å². The maximum atomic E-state index is 13.4. The van der Waals surface area contributed by atoms with Crippen LogP contribution in [0.2, 0.25) is 0 Å². The van der Waals surface area contributed by atoms with Crippen LogP contribution in [0.5, 0.6) is 5.75 Å². The number of ether oxygens (including phenoxy) is 1. The van der Waals surface area contributed by atoms with Crippen LogP contribution in [0.25, 0.3) is 0 Å². The molecule has 76 valence electrons. The van der Waals surface area contributed by atoms with Gasteiger partial charge in [0.05, 0.1) is 12.7 Å². The van der Waals surface area contributed by atoms with Gasteiger partial charge in [-0.1, -0.05) is 0 Å². The van der Waals surface area contributed by atoms with Crippen molar-refractivity contribution in [3.05, 3.63) is 23.5 Å². The highest BCUT2D eigenvalue weighted by molar-refractivity contribution is 7.98. The Kier molecular flexibility index (Phi) is 3.35. The van der Waals surface area contributed by atoms with Gasteiger partial charge in [-0.2, -0.15) is 0 Å². The van der Waals surface area contributed by atoms with Gasteiger partial charge in [0.1, 0.15) is 0 Å². The van der Waals surface area contributed by atoms with E-state index in [0.29, 0.717) is 0 Å². The number of carboxylic acids is 1. The topological polar surface area (TPSA) is 46.5 Å². The standard InChI is InChI=1S/C9H9FO3S/c1-13-6-3-5(9(11)12)4-7(14-2)8(6)10/h3-4H,1-2H3,(H,11,12). The first-order valence-corrected chi connectivity index (χ1v) is 4.97. The molecule has 14 heavy (non-hydrogen) atoms. The molecule has 0 aromatic heterocycles. The van der Waals surface area contributed by atoms with Crippen molar-refractivity contribution in [2.24, 2.45) is 0 Å². The van der Waals surface area contributed by atoms with Gasteiger partial charge in [-0.3, -0.25) is 0 Å². The molecule has 0 aliphatic heterocycles. The van der Waals surface area contributed by atoms with E-state index in [-0.39, 0.29) is 16.2 Å². The van der Waals surface area contributed by atoms with Crippen molar-refractivity contribution >= 4 is 17.7 Å². The number of carbonyl (C=O) groups is 1. The molecule has 0 fully saturated rings. The zero-order valence-corrected chi connectivity index (χ0v) is 8.52. The van der Waals surface area contributed by atoms with Gasteiger partial charge in [0.15, 0.2) is 11.6 Å². The number of aromatic carboxylic acids is 1. The normalized spacial score (nSPS) is 9.93. The van der Waals surface area contributed by atoms with Crippen molar-refractivity contribution < 1.29 is 19.0 Å². The summed E-state index contributed by atoms with van der Waals surface area (Å²) in [5.41, 5.74) is 0.0209. The Morgan fingerprint density at radius 3 is 2.64 bits per heavy atom. The maximum Gasteiger partial charge on any atom is 0.335 e. The Labute approximate surface area is 84.9 Å². The molecule has 0 atom stereocenters. The van der Waals surface area contributed by atoms with Crippen LogP contribution in [0.4, 0.5) is 4.39 Å². The fraction of sp³-hybridized carbons (Fsp3) is 0.222. The molecule has 0 radical (unpaired) electrons.